The molecule has 1 N–H and O–H groups in total. The Hall–Kier alpha value is -1.55. The summed E-state index contributed by atoms with van der Waals surface area (Å²) in [6, 6.07) is 8.21. The molecule has 0 aromatic heterocycles. The van der Waals surface area contributed by atoms with Gasteiger partial charge in [-0.2, -0.15) is 0 Å². The predicted molar refractivity (Wildman–Crippen MR) is 69.4 cm³/mol. The maximum atomic E-state index is 12.1. The number of likely N-dealkylation sites (N-methyl/N-ethyl adjacent to an activating group) is 1. The summed E-state index contributed by atoms with van der Waals surface area (Å²) in [6.45, 7) is 5.26. The molecule has 0 aliphatic carbocycles. The van der Waals surface area contributed by atoms with Gasteiger partial charge in [0.15, 0.2) is 0 Å². The number of hydrogen-bond donors (Lipinski definition) is 1. The van der Waals surface area contributed by atoms with Gasteiger partial charge in [0.25, 0.3) is 0 Å². The van der Waals surface area contributed by atoms with Crippen molar-refractivity contribution >= 4 is 11.7 Å². The number of hydrogen-bond acceptors (Lipinski definition) is 2. The molecule has 1 aromatic rings. The molecule has 92 valence electrons. The van der Waals surface area contributed by atoms with E-state index in [0.717, 1.165) is 31.9 Å². The minimum absolute atomic E-state index is 0.115. The fourth-order valence-electron chi connectivity index (χ4n) is 2.00. The zero-order valence-corrected chi connectivity index (χ0v) is 10.4. The Morgan fingerprint density at radius 2 is 1.94 bits per heavy atom. The largest absolute Gasteiger partial charge is 0.324 e. The molecule has 2 rings (SSSR count). The Balaban J connectivity index is 2.04. The summed E-state index contributed by atoms with van der Waals surface area (Å²) in [6.07, 6.45) is 0. The SMILES string of the molecule is CNCCN1CCN(c2ccc(C)cc2)C1=O. The first-order valence-corrected chi connectivity index (χ1v) is 6.00. The Morgan fingerprint density at radius 3 is 2.59 bits per heavy atom. The fourth-order valence-corrected chi connectivity index (χ4v) is 2.00. The highest BCUT2D eigenvalue weighted by atomic mass is 16.2. The summed E-state index contributed by atoms with van der Waals surface area (Å²) in [4.78, 5) is 15.8. The normalized spacial score (nSPS) is 15.8. The molecule has 1 aromatic carbocycles. The van der Waals surface area contributed by atoms with Crippen molar-refractivity contribution in [1.29, 1.82) is 0 Å². The van der Waals surface area contributed by atoms with Crippen molar-refractivity contribution in [3.63, 3.8) is 0 Å². The van der Waals surface area contributed by atoms with Gasteiger partial charge in [0, 0.05) is 31.9 Å². The van der Waals surface area contributed by atoms with Gasteiger partial charge in [-0.05, 0) is 26.1 Å². The van der Waals surface area contributed by atoms with E-state index in [9.17, 15) is 4.79 Å². The number of rotatable bonds is 4. The quantitative estimate of drug-likeness (QED) is 0.854. The molecule has 0 bridgehead atoms. The first-order valence-electron chi connectivity index (χ1n) is 6.00. The number of carbonyl (C=O) groups is 1. The highest BCUT2D eigenvalue weighted by Gasteiger charge is 2.28. The number of aryl methyl sites for hydroxylation is 1. The molecular weight excluding hydrogens is 214 g/mol. The van der Waals surface area contributed by atoms with E-state index in [-0.39, 0.29) is 6.03 Å². The maximum Gasteiger partial charge on any atom is 0.324 e. The molecule has 17 heavy (non-hydrogen) atoms. The summed E-state index contributed by atoms with van der Waals surface area (Å²) in [7, 11) is 1.90. The standard InChI is InChI=1S/C13H19N3O/c1-11-3-5-12(6-4-11)16-10-9-15(13(16)17)8-7-14-2/h3-6,14H,7-10H2,1-2H3. The van der Waals surface area contributed by atoms with Crippen molar-refractivity contribution in [3.8, 4) is 0 Å². The minimum Gasteiger partial charge on any atom is -0.321 e. The van der Waals surface area contributed by atoms with Crippen LogP contribution in [0.3, 0.4) is 0 Å². The van der Waals surface area contributed by atoms with Gasteiger partial charge in [0.2, 0.25) is 0 Å². The van der Waals surface area contributed by atoms with Gasteiger partial charge >= 0.3 is 6.03 Å². The van der Waals surface area contributed by atoms with Crippen LogP contribution in [-0.2, 0) is 0 Å². The van der Waals surface area contributed by atoms with Crippen molar-refractivity contribution < 1.29 is 4.79 Å². The summed E-state index contributed by atoms with van der Waals surface area (Å²) in [5.41, 5.74) is 2.21. The Morgan fingerprint density at radius 1 is 1.24 bits per heavy atom. The second-order valence-electron chi connectivity index (χ2n) is 4.36. The van der Waals surface area contributed by atoms with E-state index in [1.54, 1.807) is 0 Å². The molecule has 1 saturated heterocycles. The second-order valence-corrected chi connectivity index (χ2v) is 4.36. The zero-order chi connectivity index (χ0) is 12.3. The van der Waals surface area contributed by atoms with Crippen LogP contribution >= 0.6 is 0 Å². The van der Waals surface area contributed by atoms with Crippen LogP contribution in [0.1, 0.15) is 5.56 Å². The van der Waals surface area contributed by atoms with Gasteiger partial charge in [-0.1, -0.05) is 17.7 Å². The van der Waals surface area contributed by atoms with E-state index in [0.29, 0.717) is 0 Å². The van der Waals surface area contributed by atoms with E-state index in [1.807, 2.05) is 41.1 Å². The summed E-state index contributed by atoms with van der Waals surface area (Å²) >= 11 is 0. The lowest BCUT2D eigenvalue weighted by atomic mass is 10.2. The number of carbonyl (C=O) groups excluding carboxylic acids is 1. The van der Waals surface area contributed by atoms with Crippen LogP contribution in [0.25, 0.3) is 0 Å². The number of benzene rings is 1. The fraction of sp³-hybridized carbons (Fsp3) is 0.462. The van der Waals surface area contributed by atoms with E-state index < -0.39 is 0 Å². The van der Waals surface area contributed by atoms with E-state index >= 15 is 0 Å². The van der Waals surface area contributed by atoms with Gasteiger partial charge in [0.1, 0.15) is 0 Å². The maximum absolute atomic E-state index is 12.1. The number of amides is 2. The molecule has 0 radical (unpaired) electrons. The third-order valence-electron chi connectivity index (χ3n) is 3.07. The lowest BCUT2D eigenvalue weighted by molar-refractivity contribution is 0.221. The van der Waals surface area contributed by atoms with Gasteiger partial charge in [-0.15, -0.1) is 0 Å². The molecule has 1 fully saturated rings. The predicted octanol–water partition coefficient (Wildman–Crippen LogP) is 1.46. The highest BCUT2D eigenvalue weighted by molar-refractivity contribution is 5.94. The molecule has 2 amide bonds. The second kappa shape index (κ2) is 5.19. The third-order valence-corrected chi connectivity index (χ3v) is 3.07. The van der Waals surface area contributed by atoms with Gasteiger partial charge < -0.3 is 10.2 Å². The first-order chi connectivity index (χ1) is 8.22. The van der Waals surface area contributed by atoms with Crippen LogP contribution < -0.4 is 10.2 Å². The smallest absolute Gasteiger partial charge is 0.321 e. The number of anilines is 1. The van der Waals surface area contributed by atoms with E-state index in [1.165, 1.54) is 5.56 Å². The molecule has 4 heteroatoms. The molecule has 0 spiro atoms. The average Bonchev–Trinajstić information content (AvgIpc) is 2.69. The van der Waals surface area contributed by atoms with Crippen LogP contribution in [0, 0.1) is 6.92 Å². The molecule has 0 saturated carbocycles. The van der Waals surface area contributed by atoms with Crippen molar-refractivity contribution in [2.24, 2.45) is 0 Å². The molecule has 0 atom stereocenters. The molecule has 4 nitrogen and oxygen atoms in total. The van der Waals surface area contributed by atoms with Crippen LogP contribution in [0.5, 0.6) is 0 Å². The Labute approximate surface area is 102 Å². The van der Waals surface area contributed by atoms with Crippen molar-refractivity contribution in [1.82, 2.24) is 10.2 Å². The average molecular weight is 233 g/mol. The van der Waals surface area contributed by atoms with Gasteiger partial charge in [-0.3, -0.25) is 4.90 Å². The number of nitrogens with zero attached hydrogens (tertiary/aromatic N) is 2. The number of nitrogens with one attached hydrogen (secondary N) is 1. The number of urea groups is 1. The minimum atomic E-state index is 0.115. The molecule has 0 unspecified atom stereocenters. The molecule has 1 heterocycles. The van der Waals surface area contributed by atoms with E-state index in [4.69, 9.17) is 0 Å². The lowest BCUT2D eigenvalue weighted by Gasteiger charge is -2.18. The topological polar surface area (TPSA) is 35.6 Å². The van der Waals surface area contributed by atoms with Crippen LogP contribution in [0.2, 0.25) is 0 Å². The Bertz CT molecular complexity index is 388. The van der Waals surface area contributed by atoms with Crippen LogP contribution in [0.4, 0.5) is 10.5 Å². The molecular formula is C13H19N3O. The van der Waals surface area contributed by atoms with Gasteiger partial charge in [0.05, 0.1) is 0 Å². The van der Waals surface area contributed by atoms with Crippen molar-refractivity contribution in [2.75, 3.05) is 38.1 Å². The van der Waals surface area contributed by atoms with Crippen LogP contribution in [-0.4, -0.2) is 44.2 Å². The first kappa shape index (κ1) is 11.9. The Kier molecular flexibility index (Phi) is 3.64. The highest BCUT2D eigenvalue weighted by Crippen LogP contribution is 2.20. The van der Waals surface area contributed by atoms with Crippen LogP contribution in [0.15, 0.2) is 24.3 Å². The monoisotopic (exact) mass is 233 g/mol. The third kappa shape index (κ3) is 2.58. The lowest BCUT2D eigenvalue weighted by Crippen LogP contribution is -2.35. The molecule has 1 aliphatic rings. The molecule has 1 aliphatic heterocycles. The van der Waals surface area contributed by atoms with Crippen molar-refractivity contribution in [3.05, 3.63) is 29.8 Å². The summed E-state index contributed by atoms with van der Waals surface area (Å²) < 4.78 is 0. The summed E-state index contributed by atoms with van der Waals surface area (Å²) in [5, 5.41) is 3.06. The van der Waals surface area contributed by atoms with E-state index in [2.05, 4.69) is 12.2 Å². The zero-order valence-electron chi connectivity index (χ0n) is 10.4. The van der Waals surface area contributed by atoms with Gasteiger partial charge in [-0.25, -0.2) is 4.79 Å². The van der Waals surface area contributed by atoms with Crippen molar-refractivity contribution in [2.45, 2.75) is 6.92 Å². The summed E-state index contributed by atoms with van der Waals surface area (Å²) in [5.74, 6) is 0.